The normalized spacial score (nSPS) is 12.3. The Hall–Kier alpha value is -0.570. The second-order valence-corrected chi connectivity index (χ2v) is 8.26. The fourth-order valence-electron chi connectivity index (χ4n) is 3.57. The zero-order valence-electron chi connectivity index (χ0n) is 18.6. The van der Waals surface area contributed by atoms with Crippen molar-refractivity contribution in [2.24, 2.45) is 5.73 Å². The number of hydrogen-bond acceptors (Lipinski definition) is 3. The average molecular weight is 384 g/mol. The Morgan fingerprint density at radius 3 is 1.70 bits per heavy atom. The first-order valence-electron chi connectivity index (χ1n) is 12.1. The van der Waals surface area contributed by atoms with Crippen molar-refractivity contribution < 1.29 is 9.53 Å². The van der Waals surface area contributed by atoms with Gasteiger partial charge in [-0.3, -0.25) is 4.79 Å². The summed E-state index contributed by atoms with van der Waals surface area (Å²) in [5.74, 6) is -0.0177. The molecule has 0 rings (SSSR count). The third-order valence-corrected chi connectivity index (χ3v) is 5.38. The van der Waals surface area contributed by atoms with Crippen molar-refractivity contribution >= 4 is 5.97 Å². The number of rotatable bonds is 21. The minimum atomic E-state index is -0.0177. The van der Waals surface area contributed by atoms with Crippen molar-refractivity contribution in [2.75, 3.05) is 6.61 Å². The van der Waals surface area contributed by atoms with E-state index >= 15 is 0 Å². The molecule has 0 aromatic heterocycles. The molecule has 0 saturated carbocycles. The van der Waals surface area contributed by atoms with E-state index in [1.54, 1.807) is 0 Å². The highest BCUT2D eigenvalue weighted by atomic mass is 16.5. The van der Waals surface area contributed by atoms with E-state index in [0.717, 1.165) is 44.9 Å². The predicted octanol–water partition coefficient (Wildman–Crippen LogP) is 7.31. The Morgan fingerprint density at radius 2 is 1.19 bits per heavy atom. The molecule has 0 fully saturated rings. The van der Waals surface area contributed by atoms with Gasteiger partial charge in [-0.1, -0.05) is 97.3 Å². The number of carbonyl (C=O) groups is 1. The Morgan fingerprint density at radius 1 is 0.667 bits per heavy atom. The summed E-state index contributed by atoms with van der Waals surface area (Å²) in [5, 5.41) is 0. The topological polar surface area (TPSA) is 52.3 Å². The van der Waals surface area contributed by atoms with Crippen LogP contribution in [0.1, 0.15) is 136 Å². The molecule has 0 heterocycles. The highest BCUT2D eigenvalue weighted by Gasteiger charge is 2.04. The van der Waals surface area contributed by atoms with Gasteiger partial charge in [-0.2, -0.15) is 0 Å². The van der Waals surface area contributed by atoms with E-state index in [-0.39, 0.29) is 5.97 Å². The van der Waals surface area contributed by atoms with Crippen LogP contribution in [0, 0.1) is 0 Å². The summed E-state index contributed by atoms with van der Waals surface area (Å²) in [6.45, 7) is 5.00. The maximum absolute atomic E-state index is 11.7. The van der Waals surface area contributed by atoms with Crippen molar-refractivity contribution in [1.82, 2.24) is 0 Å². The van der Waals surface area contributed by atoms with E-state index in [4.69, 9.17) is 10.5 Å². The minimum Gasteiger partial charge on any atom is -0.466 e. The smallest absolute Gasteiger partial charge is 0.305 e. The van der Waals surface area contributed by atoms with Gasteiger partial charge in [0.15, 0.2) is 0 Å². The van der Waals surface area contributed by atoms with Crippen LogP contribution in [0.25, 0.3) is 0 Å². The zero-order chi connectivity index (χ0) is 20.0. The molecule has 0 aliphatic rings. The molecule has 0 aliphatic carbocycles. The van der Waals surface area contributed by atoms with Gasteiger partial charge in [0.05, 0.1) is 6.61 Å². The van der Waals surface area contributed by atoms with Crippen LogP contribution < -0.4 is 5.73 Å². The maximum Gasteiger partial charge on any atom is 0.305 e. The van der Waals surface area contributed by atoms with Gasteiger partial charge in [-0.25, -0.2) is 0 Å². The summed E-state index contributed by atoms with van der Waals surface area (Å²) in [7, 11) is 0. The van der Waals surface area contributed by atoms with Crippen LogP contribution in [0.5, 0.6) is 0 Å². The van der Waals surface area contributed by atoms with Crippen LogP contribution in [-0.4, -0.2) is 18.6 Å². The van der Waals surface area contributed by atoms with Gasteiger partial charge in [0, 0.05) is 12.5 Å². The molecular formula is C24H49NO2. The van der Waals surface area contributed by atoms with E-state index in [1.807, 2.05) is 0 Å². The lowest BCUT2D eigenvalue weighted by molar-refractivity contribution is -0.143. The van der Waals surface area contributed by atoms with E-state index in [2.05, 4.69) is 13.8 Å². The molecule has 0 saturated heterocycles. The first-order valence-corrected chi connectivity index (χ1v) is 12.1. The SMILES string of the molecule is CCCCCCCCCCCCCCCC(=O)OCCCCC(N)CCC. The molecule has 0 aromatic carbocycles. The average Bonchev–Trinajstić information content (AvgIpc) is 2.65. The summed E-state index contributed by atoms with van der Waals surface area (Å²) in [6, 6.07) is 0.316. The van der Waals surface area contributed by atoms with Crippen LogP contribution in [0.3, 0.4) is 0 Å². The van der Waals surface area contributed by atoms with Crippen LogP contribution in [0.2, 0.25) is 0 Å². The van der Waals surface area contributed by atoms with Crippen molar-refractivity contribution in [1.29, 1.82) is 0 Å². The number of carbonyl (C=O) groups excluding carboxylic acids is 1. The summed E-state index contributed by atoms with van der Waals surface area (Å²) >= 11 is 0. The van der Waals surface area contributed by atoms with Crippen molar-refractivity contribution in [3.63, 3.8) is 0 Å². The van der Waals surface area contributed by atoms with Gasteiger partial charge in [0.25, 0.3) is 0 Å². The Labute approximate surface area is 170 Å². The van der Waals surface area contributed by atoms with Gasteiger partial charge >= 0.3 is 5.97 Å². The van der Waals surface area contributed by atoms with Gasteiger partial charge in [0.2, 0.25) is 0 Å². The van der Waals surface area contributed by atoms with Crippen LogP contribution >= 0.6 is 0 Å². The minimum absolute atomic E-state index is 0.0177. The molecule has 0 bridgehead atoms. The third-order valence-electron chi connectivity index (χ3n) is 5.38. The first-order chi connectivity index (χ1) is 13.2. The standard InChI is InChI=1S/C24H49NO2/c1-3-5-6-7-8-9-10-11-12-13-14-15-16-21-24(26)27-22-18-17-20-23(25)19-4-2/h23H,3-22,25H2,1-2H3. The van der Waals surface area contributed by atoms with Gasteiger partial charge in [0.1, 0.15) is 0 Å². The number of unbranched alkanes of at least 4 members (excludes halogenated alkanes) is 13. The molecule has 0 aliphatic heterocycles. The first kappa shape index (κ1) is 26.4. The van der Waals surface area contributed by atoms with Gasteiger partial charge < -0.3 is 10.5 Å². The molecule has 0 aromatic rings. The highest BCUT2D eigenvalue weighted by Crippen LogP contribution is 2.13. The Balaban J connectivity index is 3.19. The molecule has 2 N–H and O–H groups in total. The number of nitrogens with two attached hydrogens (primary N) is 1. The Kier molecular flexibility index (Phi) is 21.3. The third kappa shape index (κ3) is 21.6. The molecule has 0 spiro atoms. The van der Waals surface area contributed by atoms with Crippen molar-refractivity contribution in [3.8, 4) is 0 Å². The van der Waals surface area contributed by atoms with Gasteiger partial charge in [-0.15, -0.1) is 0 Å². The highest BCUT2D eigenvalue weighted by molar-refractivity contribution is 5.69. The second kappa shape index (κ2) is 21.7. The molecular weight excluding hydrogens is 334 g/mol. The van der Waals surface area contributed by atoms with E-state index < -0.39 is 0 Å². The second-order valence-electron chi connectivity index (χ2n) is 8.26. The molecule has 3 heteroatoms. The maximum atomic E-state index is 11.7. The van der Waals surface area contributed by atoms with Crippen LogP contribution in [-0.2, 0) is 9.53 Å². The van der Waals surface area contributed by atoms with Crippen molar-refractivity contribution in [3.05, 3.63) is 0 Å². The molecule has 162 valence electrons. The summed E-state index contributed by atoms with van der Waals surface area (Å²) in [6.07, 6.45) is 23.2. The summed E-state index contributed by atoms with van der Waals surface area (Å²) in [5.41, 5.74) is 5.98. The lowest BCUT2D eigenvalue weighted by Crippen LogP contribution is -2.19. The van der Waals surface area contributed by atoms with Crippen LogP contribution in [0.15, 0.2) is 0 Å². The van der Waals surface area contributed by atoms with E-state index in [1.165, 1.54) is 70.6 Å². The summed E-state index contributed by atoms with van der Waals surface area (Å²) in [4.78, 5) is 11.7. The number of hydrogen-bond donors (Lipinski definition) is 1. The lowest BCUT2D eigenvalue weighted by Gasteiger charge is -2.09. The van der Waals surface area contributed by atoms with E-state index in [0.29, 0.717) is 19.1 Å². The number of ether oxygens (including phenoxy) is 1. The summed E-state index contributed by atoms with van der Waals surface area (Å²) < 4.78 is 5.31. The lowest BCUT2D eigenvalue weighted by atomic mass is 10.0. The van der Waals surface area contributed by atoms with E-state index in [9.17, 15) is 4.79 Å². The largest absolute Gasteiger partial charge is 0.466 e. The van der Waals surface area contributed by atoms with Gasteiger partial charge in [-0.05, 0) is 32.1 Å². The molecule has 27 heavy (non-hydrogen) atoms. The Bertz CT molecular complexity index is 307. The molecule has 0 radical (unpaired) electrons. The monoisotopic (exact) mass is 383 g/mol. The molecule has 1 atom stereocenters. The number of esters is 1. The fourth-order valence-corrected chi connectivity index (χ4v) is 3.57. The fraction of sp³-hybridized carbons (Fsp3) is 0.958. The molecule has 1 unspecified atom stereocenters. The van der Waals surface area contributed by atoms with Crippen LogP contribution in [0.4, 0.5) is 0 Å². The molecule has 0 amide bonds. The quantitative estimate of drug-likeness (QED) is 0.167. The predicted molar refractivity (Wildman–Crippen MR) is 118 cm³/mol. The zero-order valence-corrected chi connectivity index (χ0v) is 18.6. The molecule has 3 nitrogen and oxygen atoms in total. The van der Waals surface area contributed by atoms with Crippen molar-refractivity contribution in [2.45, 2.75) is 142 Å².